The van der Waals surface area contributed by atoms with Crippen LogP contribution in [0, 0.1) is 0 Å². The lowest BCUT2D eigenvalue weighted by Gasteiger charge is -1.95. The summed E-state index contributed by atoms with van der Waals surface area (Å²) in [5, 5.41) is 12.3. The van der Waals surface area contributed by atoms with Crippen LogP contribution in [0.4, 0.5) is 0 Å². The molecule has 4 aromatic rings. The number of benzene rings is 2. The first-order chi connectivity index (χ1) is 13.8. The molecule has 0 aliphatic heterocycles. The molecule has 158 valence electrons. The lowest BCUT2D eigenvalue weighted by atomic mass is 10.2. The summed E-state index contributed by atoms with van der Waals surface area (Å²) >= 11 is 6.70. The standard InChI is InChI=1S/C10H9BrN2O2.C9H7BrN2O2.4H2/c1-13-8-5-6(11)3-4-7(8)9(12-13)10(14)15-2;1-14-9(13)8-6-3-2-5(10)4-7(6)11-12-8;;;;/h3-5H,1-2H3;2-4H,1H3,(H,11,12);4*1H. The van der Waals surface area contributed by atoms with Gasteiger partial charge in [0.05, 0.1) is 25.3 Å². The van der Waals surface area contributed by atoms with E-state index in [4.69, 9.17) is 0 Å². The summed E-state index contributed by atoms with van der Waals surface area (Å²) in [6, 6.07) is 11.2. The number of fused-ring (bicyclic) bond motifs is 2. The van der Waals surface area contributed by atoms with Crippen molar-refractivity contribution in [2.45, 2.75) is 0 Å². The number of carbonyl (C=O) groups excluding carboxylic acids is 2. The molecule has 0 spiro atoms. The average molecular weight is 532 g/mol. The molecule has 0 bridgehead atoms. The Kier molecular flexibility index (Phi) is 6.33. The van der Waals surface area contributed by atoms with Gasteiger partial charge in [-0.05, 0) is 36.4 Å². The number of H-pyrrole nitrogens is 1. The number of hydrogen-bond acceptors (Lipinski definition) is 6. The van der Waals surface area contributed by atoms with Gasteiger partial charge >= 0.3 is 11.9 Å². The Morgan fingerprint density at radius 3 is 2.21 bits per heavy atom. The predicted octanol–water partition coefficient (Wildman–Crippen LogP) is 5.22. The molecule has 0 amide bonds. The molecular formula is C19H24Br2N4O4. The molecule has 10 heteroatoms. The van der Waals surface area contributed by atoms with Crippen molar-refractivity contribution in [1.82, 2.24) is 20.0 Å². The van der Waals surface area contributed by atoms with Gasteiger partial charge in [0.15, 0.2) is 11.4 Å². The average Bonchev–Trinajstić information content (AvgIpc) is 3.28. The van der Waals surface area contributed by atoms with E-state index in [2.05, 4.69) is 56.6 Å². The van der Waals surface area contributed by atoms with Crippen LogP contribution in [0.1, 0.15) is 26.7 Å². The fourth-order valence-electron chi connectivity index (χ4n) is 2.72. The Hall–Kier alpha value is -2.72. The van der Waals surface area contributed by atoms with Gasteiger partial charge in [-0.25, -0.2) is 9.59 Å². The molecule has 0 aliphatic rings. The summed E-state index contributed by atoms with van der Waals surface area (Å²) in [4.78, 5) is 22.7. The lowest BCUT2D eigenvalue weighted by molar-refractivity contribution is 0.0587. The maximum absolute atomic E-state index is 11.4. The van der Waals surface area contributed by atoms with Crippen molar-refractivity contribution in [3.8, 4) is 0 Å². The van der Waals surface area contributed by atoms with Crippen LogP contribution in [0.2, 0.25) is 0 Å². The number of nitrogens with one attached hydrogen (secondary N) is 1. The molecular weight excluding hydrogens is 508 g/mol. The van der Waals surface area contributed by atoms with Gasteiger partial charge in [-0.15, -0.1) is 0 Å². The van der Waals surface area contributed by atoms with E-state index in [0.29, 0.717) is 11.4 Å². The molecule has 0 aliphatic carbocycles. The van der Waals surface area contributed by atoms with Crippen LogP contribution in [0.5, 0.6) is 0 Å². The second kappa shape index (κ2) is 8.75. The number of rotatable bonds is 2. The Balaban J connectivity index is 0. The Morgan fingerprint density at radius 1 is 0.966 bits per heavy atom. The van der Waals surface area contributed by atoms with E-state index in [1.165, 1.54) is 14.2 Å². The van der Waals surface area contributed by atoms with Gasteiger partial charge in [0.25, 0.3) is 0 Å². The zero-order valence-electron chi connectivity index (χ0n) is 15.7. The molecule has 0 fully saturated rings. The molecule has 2 aromatic carbocycles. The Labute approximate surface area is 188 Å². The summed E-state index contributed by atoms with van der Waals surface area (Å²) in [6.45, 7) is 0. The van der Waals surface area contributed by atoms with Crippen LogP contribution in [0.25, 0.3) is 21.8 Å². The van der Waals surface area contributed by atoms with Gasteiger partial charge in [-0.2, -0.15) is 10.2 Å². The van der Waals surface area contributed by atoms with Crippen molar-refractivity contribution >= 4 is 65.6 Å². The SMILES string of the molecule is COC(=O)c1n[nH]c2cc(Br)ccc12.COC(=O)c1nn(C)c2cc(Br)ccc12.[HH].[HH].[HH].[HH]. The van der Waals surface area contributed by atoms with Crippen molar-refractivity contribution in [3.05, 3.63) is 56.7 Å². The summed E-state index contributed by atoms with van der Waals surface area (Å²) in [5.74, 6) is -0.846. The Morgan fingerprint density at radius 2 is 1.55 bits per heavy atom. The third kappa shape index (κ3) is 4.33. The molecule has 29 heavy (non-hydrogen) atoms. The van der Waals surface area contributed by atoms with Crippen molar-refractivity contribution in [2.75, 3.05) is 14.2 Å². The number of aromatic amines is 1. The highest BCUT2D eigenvalue weighted by molar-refractivity contribution is 9.10. The monoisotopic (exact) mass is 530 g/mol. The largest absolute Gasteiger partial charge is 0.464 e. The highest BCUT2D eigenvalue weighted by atomic mass is 79.9. The molecule has 0 saturated carbocycles. The third-order valence-electron chi connectivity index (χ3n) is 4.10. The highest BCUT2D eigenvalue weighted by Crippen LogP contribution is 2.23. The minimum atomic E-state index is -0.432. The number of hydrogen-bond donors (Lipinski definition) is 1. The Bertz CT molecular complexity index is 1230. The summed E-state index contributed by atoms with van der Waals surface area (Å²) in [7, 11) is 4.48. The van der Waals surface area contributed by atoms with Crippen LogP contribution in [0.3, 0.4) is 0 Å². The molecule has 0 unspecified atom stereocenters. The first kappa shape index (κ1) is 21.0. The van der Waals surface area contributed by atoms with E-state index >= 15 is 0 Å². The molecule has 0 saturated heterocycles. The number of aromatic nitrogens is 4. The molecule has 2 aromatic heterocycles. The number of nitrogens with zero attached hydrogens (tertiary/aromatic N) is 3. The highest BCUT2D eigenvalue weighted by Gasteiger charge is 2.16. The van der Waals surface area contributed by atoms with Crippen LogP contribution < -0.4 is 0 Å². The smallest absolute Gasteiger partial charge is 0.359 e. The topological polar surface area (TPSA) is 99.1 Å². The van der Waals surface area contributed by atoms with Gasteiger partial charge in [-0.3, -0.25) is 9.78 Å². The zero-order valence-corrected chi connectivity index (χ0v) is 18.9. The third-order valence-corrected chi connectivity index (χ3v) is 5.08. The van der Waals surface area contributed by atoms with Gasteiger partial charge < -0.3 is 9.47 Å². The van der Waals surface area contributed by atoms with Gasteiger partial charge in [-0.1, -0.05) is 31.9 Å². The number of esters is 2. The predicted molar refractivity (Wildman–Crippen MR) is 123 cm³/mol. The zero-order chi connectivity index (χ0) is 21.1. The number of ether oxygens (including phenoxy) is 2. The first-order valence-corrected chi connectivity index (χ1v) is 9.86. The van der Waals surface area contributed by atoms with E-state index < -0.39 is 11.9 Å². The summed E-state index contributed by atoms with van der Waals surface area (Å²) < 4.78 is 12.8. The molecule has 0 radical (unpaired) electrons. The summed E-state index contributed by atoms with van der Waals surface area (Å²) in [5.41, 5.74) is 2.36. The fraction of sp³-hybridized carbons (Fsp3) is 0.158. The van der Waals surface area contributed by atoms with E-state index in [9.17, 15) is 9.59 Å². The second-order valence-corrected chi connectivity index (χ2v) is 7.71. The van der Waals surface area contributed by atoms with E-state index in [-0.39, 0.29) is 5.71 Å². The van der Waals surface area contributed by atoms with Crippen molar-refractivity contribution in [2.24, 2.45) is 7.05 Å². The first-order valence-electron chi connectivity index (χ1n) is 8.28. The van der Waals surface area contributed by atoms with Crippen LogP contribution in [-0.2, 0) is 16.5 Å². The molecule has 4 rings (SSSR count). The second-order valence-electron chi connectivity index (χ2n) is 5.88. The van der Waals surface area contributed by atoms with Crippen LogP contribution in [0.15, 0.2) is 45.3 Å². The lowest BCUT2D eigenvalue weighted by Crippen LogP contribution is -2.03. The van der Waals surface area contributed by atoms with Crippen molar-refractivity contribution < 1.29 is 24.8 Å². The molecule has 8 nitrogen and oxygen atoms in total. The number of aryl methyl sites for hydroxylation is 1. The van der Waals surface area contributed by atoms with E-state index in [1.54, 1.807) is 11.7 Å². The van der Waals surface area contributed by atoms with E-state index in [1.807, 2.05) is 36.4 Å². The van der Waals surface area contributed by atoms with Crippen LogP contribution >= 0.6 is 31.9 Å². The maximum Gasteiger partial charge on any atom is 0.359 e. The minimum absolute atomic E-state index is 0. The van der Waals surface area contributed by atoms with Gasteiger partial charge in [0, 0.05) is 32.5 Å². The summed E-state index contributed by atoms with van der Waals surface area (Å²) in [6.07, 6.45) is 0. The van der Waals surface area contributed by atoms with Gasteiger partial charge in [0.2, 0.25) is 0 Å². The minimum Gasteiger partial charge on any atom is -0.464 e. The number of halogens is 2. The molecule has 1 N–H and O–H groups in total. The number of carbonyl (C=O) groups is 2. The van der Waals surface area contributed by atoms with E-state index in [0.717, 1.165) is 30.8 Å². The molecule has 2 heterocycles. The van der Waals surface area contributed by atoms with Crippen LogP contribution in [-0.4, -0.2) is 46.1 Å². The van der Waals surface area contributed by atoms with Crippen molar-refractivity contribution in [3.63, 3.8) is 0 Å². The fourth-order valence-corrected chi connectivity index (χ4v) is 3.43. The number of methoxy groups -OCH3 is 2. The normalized spacial score (nSPS) is 10.5. The van der Waals surface area contributed by atoms with Gasteiger partial charge in [0.1, 0.15) is 0 Å². The van der Waals surface area contributed by atoms with Crippen molar-refractivity contribution in [1.29, 1.82) is 0 Å². The quantitative estimate of drug-likeness (QED) is 0.356. The molecule has 0 atom stereocenters. The maximum atomic E-state index is 11.4.